The van der Waals surface area contributed by atoms with Crippen LogP contribution in [0.3, 0.4) is 0 Å². The van der Waals surface area contributed by atoms with Gasteiger partial charge in [-0.25, -0.2) is 4.79 Å². The molecule has 0 aromatic rings. The SMILES string of the molecule is COCNC(=O)CC1CN(C(=O)OC(C)(C)C)C1. The van der Waals surface area contributed by atoms with Crippen LogP contribution in [0.2, 0.25) is 0 Å². The van der Waals surface area contributed by atoms with Gasteiger partial charge in [0.1, 0.15) is 12.3 Å². The molecule has 1 aliphatic heterocycles. The molecule has 18 heavy (non-hydrogen) atoms. The lowest BCUT2D eigenvalue weighted by Gasteiger charge is -2.39. The van der Waals surface area contributed by atoms with Gasteiger partial charge in [-0.1, -0.05) is 0 Å². The first kappa shape index (κ1) is 14.8. The van der Waals surface area contributed by atoms with Gasteiger partial charge in [-0.3, -0.25) is 4.79 Å². The molecule has 0 unspecified atom stereocenters. The first-order valence-electron chi connectivity index (χ1n) is 6.05. The summed E-state index contributed by atoms with van der Waals surface area (Å²) in [5, 5.41) is 2.62. The first-order chi connectivity index (χ1) is 8.31. The average Bonchev–Trinajstić information content (AvgIpc) is 2.16. The minimum Gasteiger partial charge on any atom is -0.444 e. The molecule has 0 aliphatic carbocycles. The van der Waals surface area contributed by atoms with Gasteiger partial charge < -0.3 is 19.7 Å². The Labute approximate surface area is 108 Å². The number of amides is 2. The van der Waals surface area contributed by atoms with Crippen LogP contribution in [0.15, 0.2) is 0 Å². The highest BCUT2D eigenvalue weighted by atomic mass is 16.6. The molecule has 0 atom stereocenters. The number of ether oxygens (including phenoxy) is 2. The van der Waals surface area contributed by atoms with E-state index in [4.69, 9.17) is 9.47 Å². The molecule has 0 radical (unpaired) electrons. The van der Waals surface area contributed by atoms with E-state index in [0.29, 0.717) is 19.5 Å². The fraction of sp³-hybridized carbons (Fsp3) is 0.833. The van der Waals surface area contributed by atoms with Crippen molar-refractivity contribution in [2.24, 2.45) is 5.92 Å². The minimum absolute atomic E-state index is 0.0503. The van der Waals surface area contributed by atoms with Gasteiger partial charge in [0.05, 0.1) is 0 Å². The van der Waals surface area contributed by atoms with Crippen LogP contribution in [0.1, 0.15) is 27.2 Å². The molecule has 1 fully saturated rings. The van der Waals surface area contributed by atoms with Gasteiger partial charge in [-0.05, 0) is 20.8 Å². The molecular weight excluding hydrogens is 236 g/mol. The number of hydrogen-bond donors (Lipinski definition) is 1. The zero-order valence-electron chi connectivity index (χ0n) is 11.5. The van der Waals surface area contributed by atoms with Crippen molar-refractivity contribution in [1.82, 2.24) is 10.2 Å². The second-order valence-electron chi connectivity index (χ2n) is 5.49. The number of likely N-dealkylation sites (tertiary alicyclic amines) is 1. The number of nitrogens with one attached hydrogen (secondary N) is 1. The molecule has 1 N–H and O–H groups in total. The van der Waals surface area contributed by atoms with Crippen LogP contribution < -0.4 is 5.32 Å². The normalized spacial score (nSPS) is 16.1. The summed E-state index contributed by atoms with van der Waals surface area (Å²) in [5.41, 5.74) is -0.474. The average molecular weight is 258 g/mol. The molecule has 104 valence electrons. The molecule has 2 amide bonds. The van der Waals surface area contributed by atoms with Gasteiger partial charge in [-0.2, -0.15) is 0 Å². The summed E-state index contributed by atoms with van der Waals surface area (Å²) in [4.78, 5) is 24.6. The highest BCUT2D eigenvalue weighted by molar-refractivity contribution is 5.76. The van der Waals surface area contributed by atoms with E-state index in [1.54, 1.807) is 4.90 Å². The third-order valence-corrected chi connectivity index (χ3v) is 2.50. The predicted octanol–water partition coefficient (Wildman–Crippen LogP) is 0.963. The quantitative estimate of drug-likeness (QED) is 0.763. The van der Waals surface area contributed by atoms with Crippen molar-refractivity contribution in [2.75, 3.05) is 26.9 Å². The zero-order valence-corrected chi connectivity index (χ0v) is 11.5. The summed E-state index contributed by atoms with van der Waals surface area (Å²) < 4.78 is 9.97. The number of hydrogen-bond acceptors (Lipinski definition) is 4. The van der Waals surface area contributed by atoms with E-state index in [1.807, 2.05) is 20.8 Å². The smallest absolute Gasteiger partial charge is 0.410 e. The first-order valence-corrected chi connectivity index (χ1v) is 6.05. The van der Waals surface area contributed by atoms with E-state index >= 15 is 0 Å². The molecule has 1 heterocycles. The van der Waals surface area contributed by atoms with E-state index in [2.05, 4.69) is 5.32 Å². The van der Waals surface area contributed by atoms with Crippen molar-refractivity contribution in [1.29, 1.82) is 0 Å². The Balaban J connectivity index is 2.19. The Morgan fingerprint density at radius 1 is 1.33 bits per heavy atom. The van der Waals surface area contributed by atoms with E-state index in [9.17, 15) is 9.59 Å². The highest BCUT2D eigenvalue weighted by Crippen LogP contribution is 2.21. The number of carbonyl (C=O) groups excluding carboxylic acids is 2. The monoisotopic (exact) mass is 258 g/mol. The van der Waals surface area contributed by atoms with Gasteiger partial charge in [0.2, 0.25) is 5.91 Å². The number of rotatable bonds is 4. The maximum absolute atomic E-state index is 11.6. The van der Waals surface area contributed by atoms with Crippen molar-refractivity contribution in [3.8, 4) is 0 Å². The third kappa shape index (κ3) is 4.91. The summed E-state index contributed by atoms with van der Waals surface area (Å²) in [6.45, 7) is 6.88. The van der Waals surface area contributed by atoms with Crippen LogP contribution in [0.4, 0.5) is 4.79 Å². The lowest BCUT2D eigenvalue weighted by atomic mass is 9.96. The molecule has 0 bridgehead atoms. The van der Waals surface area contributed by atoms with Crippen molar-refractivity contribution in [3.05, 3.63) is 0 Å². The molecule has 0 spiro atoms. The van der Waals surface area contributed by atoms with Gasteiger partial charge in [0.15, 0.2) is 0 Å². The van der Waals surface area contributed by atoms with Gasteiger partial charge in [0.25, 0.3) is 0 Å². The number of nitrogens with zero attached hydrogens (tertiary/aromatic N) is 1. The molecule has 1 saturated heterocycles. The second kappa shape index (κ2) is 6.04. The second-order valence-corrected chi connectivity index (χ2v) is 5.49. The zero-order chi connectivity index (χ0) is 13.8. The number of methoxy groups -OCH3 is 1. The minimum atomic E-state index is -0.474. The summed E-state index contributed by atoms with van der Waals surface area (Å²) in [7, 11) is 1.52. The van der Waals surface area contributed by atoms with E-state index in [-0.39, 0.29) is 24.6 Å². The van der Waals surface area contributed by atoms with Crippen molar-refractivity contribution < 1.29 is 19.1 Å². The van der Waals surface area contributed by atoms with E-state index in [1.165, 1.54) is 7.11 Å². The molecular formula is C12H22N2O4. The van der Waals surface area contributed by atoms with E-state index in [0.717, 1.165) is 0 Å². The number of carbonyl (C=O) groups is 2. The molecule has 6 nitrogen and oxygen atoms in total. The molecule has 6 heteroatoms. The standard InChI is InChI=1S/C12H22N2O4/c1-12(2,3)18-11(16)14-6-9(7-14)5-10(15)13-8-17-4/h9H,5-8H2,1-4H3,(H,13,15). The van der Waals surface area contributed by atoms with Crippen molar-refractivity contribution >= 4 is 12.0 Å². The van der Waals surface area contributed by atoms with Gasteiger partial charge >= 0.3 is 6.09 Å². The molecule has 0 aromatic carbocycles. The summed E-state index contributed by atoms with van der Waals surface area (Å²) in [6, 6.07) is 0. The highest BCUT2D eigenvalue weighted by Gasteiger charge is 2.34. The Bertz CT molecular complexity index is 306. The molecule has 1 rings (SSSR count). The van der Waals surface area contributed by atoms with Crippen LogP contribution in [0, 0.1) is 5.92 Å². The molecule has 0 saturated carbocycles. The molecule has 0 aromatic heterocycles. The fourth-order valence-corrected chi connectivity index (χ4v) is 1.66. The maximum Gasteiger partial charge on any atom is 0.410 e. The van der Waals surface area contributed by atoms with Crippen molar-refractivity contribution in [2.45, 2.75) is 32.8 Å². The lowest BCUT2D eigenvalue weighted by Crippen LogP contribution is -2.52. The summed E-state index contributed by atoms with van der Waals surface area (Å²) >= 11 is 0. The van der Waals surface area contributed by atoms with Crippen LogP contribution in [0.25, 0.3) is 0 Å². The van der Waals surface area contributed by atoms with Gasteiger partial charge in [0, 0.05) is 32.5 Å². The fourth-order valence-electron chi connectivity index (χ4n) is 1.66. The van der Waals surface area contributed by atoms with Crippen LogP contribution in [0.5, 0.6) is 0 Å². The maximum atomic E-state index is 11.6. The lowest BCUT2D eigenvalue weighted by molar-refractivity contribution is -0.124. The Kier molecular flexibility index (Phi) is 4.95. The van der Waals surface area contributed by atoms with Crippen LogP contribution in [-0.4, -0.2) is 49.4 Å². The topological polar surface area (TPSA) is 67.9 Å². The Hall–Kier alpha value is -1.30. The Morgan fingerprint density at radius 2 is 1.94 bits per heavy atom. The van der Waals surface area contributed by atoms with Crippen molar-refractivity contribution in [3.63, 3.8) is 0 Å². The van der Waals surface area contributed by atoms with E-state index < -0.39 is 5.60 Å². The van der Waals surface area contributed by atoms with Crippen LogP contribution in [-0.2, 0) is 14.3 Å². The predicted molar refractivity (Wildman–Crippen MR) is 65.9 cm³/mol. The largest absolute Gasteiger partial charge is 0.444 e. The summed E-state index contributed by atoms with van der Waals surface area (Å²) in [6.07, 6.45) is 0.110. The molecule has 1 aliphatic rings. The summed E-state index contributed by atoms with van der Waals surface area (Å²) in [5.74, 6) is 0.167. The van der Waals surface area contributed by atoms with Gasteiger partial charge in [-0.15, -0.1) is 0 Å². The third-order valence-electron chi connectivity index (χ3n) is 2.50. The van der Waals surface area contributed by atoms with Crippen LogP contribution >= 0.6 is 0 Å². The Morgan fingerprint density at radius 3 is 2.44 bits per heavy atom.